The Kier molecular flexibility index (Phi) is 8.42. The Bertz CT molecular complexity index is 1170. The van der Waals surface area contributed by atoms with Crippen molar-refractivity contribution in [2.75, 3.05) is 26.2 Å². The molecule has 8 nitrogen and oxygen atoms in total. The van der Waals surface area contributed by atoms with Crippen molar-refractivity contribution in [3.05, 3.63) is 41.4 Å². The number of rotatable bonds is 7. The third-order valence-corrected chi connectivity index (χ3v) is 7.36. The number of likely N-dealkylation sites (tertiary alicyclic amines) is 1. The van der Waals surface area contributed by atoms with Crippen LogP contribution in [-0.4, -0.2) is 57.2 Å². The first-order chi connectivity index (χ1) is 16.0. The number of benzene rings is 2. The van der Waals surface area contributed by atoms with E-state index in [2.05, 4.69) is 16.1 Å². The van der Waals surface area contributed by atoms with Gasteiger partial charge in [-0.3, -0.25) is 0 Å². The van der Waals surface area contributed by atoms with Crippen LogP contribution < -0.4 is 10.0 Å². The summed E-state index contributed by atoms with van der Waals surface area (Å²) in [5.74, 6) is 0.0765. The quantitative estimate of drug-likeness (QED) is 0.551. The molecule has 1 fully saturated rings. The SMILES string of the molecule is CC(C)(C)OC(=O)N1CCC(C(C#N)NCCNS(=O)(=O)c2ccc3cc(Cl)ccc3c2)CC1. The number of nitriles is 1. The number of hydrogen-bond acceptors (Lipinski definition) is 6. The summed E-state index contributed by atoms with van der Waals surface area (Å²) in [4.78, 5) is 14.1. The molecule has 34 heavy (non-hydrogen) atoms. The van der Waals surface area contributed by atoms with E-state index in [0.717, 1.165) is 10.8 Å². The van der Waals surface area contributed by atoms with Crippen LogP contribution in [0.4, 0.5) is 4.79 Å². The summed E-state index contributed by atoms with van der Waals surface area (Å²) in [5.41, 5.74) is -0.543. The van der Waals surface area contributed by atoms with E-state index in [4.69, 9.17) is 16.3 Å². The highest BCUT2D eigenvalue weighted by Gasteiger charge is 2.30. The zero-order valence-corrected chi connectivity index (χ0v) is 21.2. The van der Waals surface area contributed by atoms with Crippen LogP contribution in [0.25, 0.3) is 10.8 Å². The lowest BCUT2D eigenvalue weighted by molar-refractivity contribution is 0.0176. The molecule has 2 N–H and O–H groups in total. The second kappa shape index (κ2) is 10.9. The van der Waals surface area contributed by atoms with Crippen molar-refractivity contribution < 1.29 is 17.9 Å². The Morgan fingerprint density at radius 1 is 1.18 bits per heavy atom. The maximum absolute atomic E-state index is 12.7. The Morgan fingerprint density at radius 2 is 1.82 bits per heavy atom. The molecule has 0 spiro atoms. The molecule has 0 saturated carbocycles. The molecule has 1 aliphatic heterocycles. The number of sulfonamides is 1. The fraction of sp³-hybridized carbons (Fsp3) is 0.500. The van der Waals surface area contributed by atoms with Crippen molar-refractivity contribution in [1.29, 1.82) is 5.26 Å². The number of nitrogens with one attached hydrogen (secondary N) is 2. The molecule has 1 aliphatic rings. The van der Waals surface area contributed by atoms with E-state index in [9.17, 15) is 18.5 Å². The second-order valence-corrected chi connectivity index (χ2v) is 11.6. The molecule has 1 heterocycles. The van der Waals surface area contributed by atoms with Crippen LogP contribution in [-0.2, 0) is 14.8 Å². The first kappa shape index (κ1) is 26.2. The molecule has 1 amide bonds. The van der Waals surface area contributed by atoms with Gasteiger partial charge in [0.2, 0.25) is 10.0 Å². The lowest BCUT2D eigenvalue weighted by Crippen LogP contribution is -2.47. The standard InChI is InChI=1S/C24H31ClN4O4S/c1-24(2,3)33-23(30)29-12-8-17(9-13-29)22(16-26)27-10-11-28-34(31,32)21-7-5-18-14-20(25)6-4-19(18)15-21/h4-7,14-15,17,22,27-28H,8-13H2,1-3H3. The van der Waals surface area contributed by atoms with Crippen molar-refractivity contribution >= 4 is 38.5 Å². The van der Waals surface area contributed by atoms with Gasteiger partial charge in [-0.1, -0.05) is 23.7 Å². The summed E-state index contributed by atoms with van der Waals surface area (Å²) in [5, 5.41) is 15.0. The van der Waals surface area contributed by atoms with Gasteiger partial charge in [0.25, 0.3) is 0 Å². The number of ether oxygens (including phenoxy) is 1. The maximum atomic E-state index is 12.7. The summed E-state index contributed by atoms with van der Waals surface area (Å²) in [7, 11) is -3.69. The predicted molar refractivity (Wildman–Crippen MR) is 132 cm³/mol. The minimum atomic E-state index is -3.69. The number of carbonyl (C=O) groups excluding carboxylic acids is 1. The molecule has 1 saturated heterocycles. The molecule has 0 bridgehead atoms. The van der Waals surface area contributed by atoms with Gasteiger partial charge in [-0.25, -0.2) is 17.9 Å². The van der Waals surface area contributed by atoms with E-state index in [-0.39, 0.29) is 23.5 Å². The number of halogens is 1. The fourth-order valence-electron chi connectivity index (χ4n) is 3.92. The fourth-order valence-corrected chi connectivity index (χ4v) is 5.17. The number of fused-ring (bicyclic) bond motifs is 1. The van der Waals surface area contributed by atoms with Crippen molar-refractivity contribution in [2.24, 2.45) is 5.92 Å². The third kappa shape index (κ3) is 7.06. The molecule has 1 atom stereocenters. The maximum Gasteiger partial charge on any atom is 0.410 e. The van der Waals surface area contributed by atoms with E-state index in [1.165, 1.54) is 0 Å². The molecule has 0 aliphatic carbocycles. The molecule has 1 unspecified atom stereocenters. The monoisotopic (exact) mass is 506 g/mol. The number of nitrogens with zero attached hydrogens (tertiary/aromatic N) is 2. The molecule has 10 heteroatoms. The number of carbonyl (C=O) groups is 1. The third-order valence-electron chi connectivity index (χ3n) is 5.67. The van der Waals surface area contributed by atoms with Gasteiger partial charge in [0.05, 0.1) is 17.0 Å². The minimum Gasteiger partial charge on any atom is -0.444 e. The highest BCUT2D eigenvalue weighted by Crippen LogP contribution is 2.23. The summed E-state index contributed by atoms with van der Waals surface area (Å²) in [6.45, 7) is 7.01. The Hall–Kier alpha value is -2.38. The summed E-state index contributed by atoms with van der Waals surface area (Å²) >= 11 is 5.99. The Morgan fingerprint density at radius 3 is 2.47 bits per heavy atom. The van der Waals surface area contributed by atoms with E-state index >= 15 is 0 Å². The Labute approximate surface area is 206 Å². The largest absolute Gasteiger partial charge is 0.444 e. The minimum absolute atomic E-state index is 0.0765. The van der Waals surface area contributed by atoms with Crippen molar-refractivity contribution in [3.8, 4) is 6.07 Å². The van der Waals surface area contributed by atoms with E-state index in [1.807, 2.05) is 20.8 Å². The van der Waals surface area contributed by atoms with Crippen molar-refractivity contribution in [1.82, 2.24) is 14.9 Å². The van der Waals surface area contributed by atoms with Crippen LogP contribution in [0.15, 0.2) is 41.3 Å². The molecule has 0 aromatic heterocycles. The highest BCUT2D eigenvalue weighted by molar-refractivity contribution is 7.89. The lowest BCUT2D eigenvalue weighted by Gasteiger charge is -2.35. The van der Waals surface area contributed by atoms with Gasteiger partial charge in [-0.15, -0.1) is 0 Å². The van der Waals surface area contributed by atoms with Gasteiger partial charge in [0.1, 0.15) is 5.60 Å². The lowest BCUT2D eigenvalue weighted by atomic mass is 9.90. The Balaban J connectivity index is 1.47. The van der Waals surface area contributed by atoms with Crippen LogP contribution in [0.3, 0.4) is 0 Å². The molecule has 2 aromatic rings. The van der Waals surface area contributed by atoms with Gasteiger partial charge in [0.15, 0.2) is 0 Å². The van der Waals surface area contributed by atoms with E-state index < -0.39 is 21.7 Å². The summed E-state index contributed by atoms with van der Waals surface area (Å²) < 4.78 is 33.4. The predicted octanol–water partition coefficient (Wildman–Crippen LogP) is 3.90. The molecule has 3 rings (SSSR count). The highest BCUT2D eigenvalue weighted by atomic mass is 35.5. The number of piperidine rings is 1. The summed E-state index contributed by atoms with van der Waals surface area (Å²) in [6.07, 6.45) is 1.02. The van der Waals surface area contributed by atoms with Crippen LogP contribution in [0.2, 0.25) is 5.02 Å². The van der Waals surface area contributed by atoms with Gasteiger partial charge in [0, 0.05) is 31.2 Å². The van der Waals surface area contributed by atoms with Gasteiger partial charge in [-0.05, 0) is 74.6 Å². The van der Waals surface area contributed by atoms with E-state index in [1.54, 1.807) is 41.3 Å². The van der Waals surface area contributed by atoms with Crippen LogP contribution >= 0.6 is 11.6 Å². The molecular formula is C24H31ClN4O4S. The van der Waals surface area contributed by atoms with Crippen molar-refractivity contribution in [3.63, 3.8) is 0 Å². The van der Waals surface area contributed by atoms with E-state index in [0.29, 0.717) is 37.5 Å². The normalized spacial score (nSPS) is 16.3. The number of amides is 1. The topological polar surface area (TPSA) is 112 Å². The second-order valence-electron chi connectivity index (χ2n) is 9.42. The van der Waals surface area contributed by atoms with Crippen LogP contribution in [0.1, 0.15) is 33.6 Å². The summed E-state index contributed by atoms with van der Waals surface area (Å²) in [6, 6.07) is 12.0. The average molecular weight is 507 g/mol. The first-order valence-corrected chi connectivity index (χ1v) is 13.1. The molecule has 184 valence electrons. The zero-order chi connectivity index (χ0) is 24.9. The van der Waals surface area contributed by atoms with Crippen LogP contribution in [0.5, 0.6) is 0 Å². The average Bonchev–Trinajstić information content (AvgIpc) is 2.77. The van der Waals surface area contributed by atoms with Gasteiger partial charge < -0.3 is 15.0 Å². The molecule has 2 aromatic carbocycles. The molecule has 0 radical (unpaired) electrons. The van der Waals surface area contributed by atoms with Crippen molar-refractivity contribution in [2.45, 2.75) is 50.2 Å². The molecular weight excluding hydrogens is 476 g/mol. The zero-order valence-electron chi connectivity index (χ0n) is 19.7. The van der Waals surface area contributed by atoms with Gasteiger partial charge >= 0.3 is 6.09 Å². The number of hydrogen-bond donors (Lipinski definition) is 2. The smallest absolute Gasteiger partial charge is 0.410 e. The first-order valence-electron chi connectivity index (χ1n) is 11.3. The van der Waals surface area contributed by atoms with Gasteiger partial charge in [-0.2, -0.15) is 5.26 Å². The van der Waals surface area contributed by atoms with Crippen LogP contribution in [0, 0.1) is 17.2 Å².